The lowest BCUT2D eigenvalue weighted by Crippen LogP contribution is -2.42. The maximum Gasteiger partial charge on any atom is 0.239 e. The lowest BCUT2D eigenvalue weighted by molar-refractivity contribution is -0.118. The Balaban J connectivity index is 1.90. The zero-order valence-corrected chi connectivity index (χ0v) is 11.4. The van der Waals surface area contributed by atoms with Crippen LogP contribution in [-0.4, -0.2) is 39.7 Å². The summed E-state index contributed by atoms with van der Waals surface area (Å²) in [5.41, 5.74) is 0.916. The van der Waals surface area contributed by atoms with Crippen LogP contribution in [0.1, 0.15) is 31.9 Å². The van der Waals surface area contributed by atoms with Gasteiger partial charge in [0.15, 0.2) is 0 Å². The van der Waals surface area contributed by atoms with Crippen molar-refractivity contribution in [3.8, 4) is 0 Å². The summed E-state index contributed by atoms with van der Waals surface area (Å²) in [7, 11) is 1.84. The van der Waals surface area contributed by atoms with E-state index in [4.69, 9.17) is 0 Å². The topological polar surface area (TPSA) is 50.2 Å². The molecular formula is C13H22N4O. The van der Waals surface area contributed by atoms with E-state index in [9.17, 15) is 4.79 Å². The Hall–Kier alpha value is -1.36. The molecule has 0 saturated carbocycles. The fraction of sp³-hybridized carbons (Fsp3) is 0.692. The Morgan fingerprint density at radius 3 is 2.94 bits per heavy atom. The van der Waals surface area contributed by atoms with Gasteiger partial charge in [-0.2, -0.15) is 5.10 Å². The molecule has 1 aliphatic heterocycles. The number of amides is 1. The van der Waals surface area contributed by atoms with Crippen molar-refractivity contribution in [2.45, 2.75) is 39.2 Å². The number of hydrogen-bond acceptors (Lipinski definition) is 3. The van der Waals surface area contributed by atoms with E-state index in [2.05, 4.69) is 22.2 Å². The highest BCUT2D eigenvalue weighted by Gasteiger charge is 2.20. The molecule has 1 aromatic rings. The molecule has 0 radical (unpaired) electrons. The van der Waals surface area contributed by atoms with Gasteiger partial charge in [0.25, 0.3) is 0 Å². The number of carbonyl (C=O) groups is 1. The van der Waals surface area contributed by atoms with Gasteiger partial charge >= 0.3 is 0 Å². The van der Waals surface area contributed by atoms with E-state index in [0.29, 0.717) is 12.6 Å². The number of nitrogens with zero attached hydrogens (tertiary/aromatic N) is 3. The van der Waals surface area contributed by atoms with Crippen molar-refractivity contribution < 1.29 is 4.79 Å². The van der Waals surface area contributed by atoms with E-state index >= 15 is 0 Å². The third kappa shape index (κ3) is 3.10. The molecule has 18 heavy (non-hydrogen) atoms. The fourth-order valence-corrected chi connectivity index (χ4v) is 2.49. The van der Waals surface area contributed by atoms with E-state index in [1.54, 1.807) is 4.68 Å². The third-order valence-corrected chi connectivity index (χ3v) is 3.56. The zero-order valence-electron chi connectivity index (χ0n) is 11.4. The van der Waals surface area contributed by atoms with E-state index in [1.807, 2.05) is 20.0 Å². The van der Waals surface area contributed by atoms with Crippen molar-refractivity contribution in [2.75, 3.05) is 18.4 Å². The number of nitrogens with one attached hydrogen (secondary N) is 1. The highest BCUT2D eigenvalue weighted by molar-refractivity contribution is 5.91. The highest BCUT2D eigenvalue weighted by atomic mass is 16.2. The minimum absolute atomic E-state index is 0.0479. The first kappa shape index (κ1) is 13.1. The number of rotatable bonds is 3. The first-order valence-electron chi connectivity index (χ1n) is 6.61. The molecule has 1 aromatic heterocycles. The summed E-state index contributed by atoms with van der Waals surface area (Å²) in [4.78, 5) is 14.2. The predicted octanol–water partition coefficient (Wildman–Crippen LogP) is 1.54. The van der Waals surface area contributed by atoms with Gasteiger partial charge in [-0.3, -0.25) is 14.4 Å². The normalized spacial score (nSPS) is 20.9. The average Bonchev–Trinajstić information content (AvgIpc) is 2.61. The first-order valence-corrected chi connectivity index (χ1v) is 6.61. The molecule has 0 unspecified atom stereocenters. The second kappa shape index (κ2) is 5.52. The van der Waals surface area contributed by atoms with E-state index in [0.717, 1.165) is 18.1 Å². The maximum atomic E-state index is 12.0. The summed E-state index contributed by atoms with van der Waals surface area (Å²) < 4.78 is 1.70. The monoisotopic (exact) mass is 250 g/mol. The van der Waals surface area contributed by atoms with Crippen molar-refractivity contribution >= 4 is 11.7 Å². The van der Waals surface area contributed by atoms with Gasteiger partial charge in [0, 0.05) is 19.2 Å². The molecule has 1 amide bonds. The molecule has 0 bridgehead atoms. The summed E-state index contributed by atoms with van der Waals surface area (Å²) in [6.07, 6.45) is 3.67. The number of aryl methyl sites for hydroxylation is 2. The zero-order chi connectivity index (χ0) is 13.1. The molecule has 0 spiro atoms. The average molecular weight is 250 g/mol. The smallest absolute Gasteiger partial charge is 0.239 e. The van der Waals surface area contributed by atoms with Crippen LogP contribution in [0.5, 0.6) is 0 Å². The van der Waals surface area contributed by atoms with Gasteiger partial charge in [-0.15, -0.1) is 0 Å². The Kier molecular flexibility index (Phi) is 4.01. The van der Waals surface area contributed by atoms with E-state index in [1.165, 1.54) is 19.3 Å². The Labute approximate surface area is 108 Å². The molecule has 100 valence electrons. The van der Waals surface area contributed by atoms with Gasteiger partial charge in [0.1, 0.15) is 5.82 Å². The molecule has 2 rings (SSSR count). The second-order valence-corrected chi connectivity index (χ2v) is 5.16. The summed E-state index contributed by atoms with van der Waals surface area (Å²) in [6, 6.07) is 2.40. The van der Waals surface area contributed by atoms with E-state index in [-0.39, 0.29) is 5.91 Å². The second-order valence-electron chi connectivity index (χ2n) is 5.16. The molecule has 1 atom stereocenters. The van der Waals surface area contributed by atoms with Gasteiger partial charge in [-0.05, 0) is 33.2 Å². The highest BCUT2D eigenvalue weighted by Crippen LogP contribution is 2.16. The van der Waals surface area contributed by atoms with Crippen LogP contribution in [0.15, 0.2) is 6.07 Å². The molecular weight excluding hydrogens is 228 g/mol. The minimum atomic E-state index is 0.0479. The van der Waals surface area contributed by atoms with E-state index < -0.39 is 0 Å². The van der Waals surface area contributed by atoms with Crippen LogP contribution in [0, 0.1) is 6.92 Å². The first-order chi connectivity index (χ1) is 8.56. The molecule has 1 aliphatic rings. The molecule has 0 aliphatic carbocycles. The molecule has 1 N–H and O–H groups in total. The van der Waals surface area contributed by atoms with Gasteiger partial charge in [0.2, 0.25) is 5.91 Å². The molecule has 2 heterocycles. The van der Waals surface area contributed by atoms with Crippen LogP contribution in [0.2, 0.25) is 0 Å². The molecule has 5 nitrogen and oxygen atoms in total. The summed E-state index contributed by atoms with van der Waals surface area (Å²) in [6.45, 7) is 5.62. The van der Waals surface area contributed by atoms with Crippen molar-refractivity contribution in [3.63, 3.8) is 0 Å². The number of aromatic nitrogens is 2. The third-order valence-electron chi connectivity index (χ3n) is 3.56. The van der Waals surface area contributed by atoms with Crippen molar-refractivity contribution in [1.29, 1.82) is 0 Å². The van der Waals surface area contributed by atoms with Crippen molar-refractivity contribution in [3.05, 3.63) is 11.8 Å². The van der Waals surface area contributed by atoms with Gasteiger partial charge in [-0.25, -0.2) is 0 Å². The summed E-state index contributed by atoms with van der Waals surface area (Å²) in [5.74, 6) is 0.814. The standard InChI is InChI=1S/C13H22N4O/c1-10-8-12(16(3)15-10)14-13(18)9-17-7-5-4-6-11(17)2/h8,11H,4-7,9H2,1-3H3,(H,14,18)/t11-/m0/s1. The lowest BCUT2D eigenvalue weighted by Gasteiger charge is -2.32. The molecule has 1 saturated heterocycles. The van der Waals surface area contributed by atoms with Crippen molar-refractivity contribution in [1.82, 2.24) is 14.7 Å². The number of carbonyl (C=O) groups excluding carboxylic acids is 1. The number of likely N-dealkylation sites (tertiary alicyclic amines) is 1. The van der Waals surface area contributed by atoms with Crippen LogP contribution in [0.3, 0.4) is 0 Å². The number of piperidine rings is 1. The van der Waals surface area contributed by atoms with Gasteiger partial charge < -0.3 is 5.32 Å². The summed E-state index contributed by atoms with van der Waals surface area (Å²) >= 11 is 0. The molecule has 1 fully saturated rings. The van der Waals surface area contributed by atoms with Crippen LogP contribution >= 0.6 is 0 Å². The Morgan fingerprint density at radius 2 is 2.33 bits per heavy atom. The molecule has 0 aromatic carbocycles. The van der Waals surface area contributed by atoms with Crippen LogP contribution in [0.25, 0.3) is 0 Å². The van der Waals surface area contributed by atoms with Crippen LogP contribution in [0.4, 0.5) is 5.82 Å². The fourth-order valence-electron chi connectivity index (χ4n) is 2.49. The minimum Gasteiger partial charge on any atom is -0.310 e. The van der Waals surface area contributed by atoms with Gasteiger partial charge in [-0.1, -0.05) is 6.42 Å². The largest absolute Gasteiger partial charge is 0.310 e. The van der Waals surface area contributed by atoms with Crippen LogP contribution < -0.4 is 5.32 Å². The Morgan fingerprint density at radius 1 is 1.56 bits per heavy atom. The number of hydrogen-bond donors (Lipinski definition) is 1. The quantitative estimate of drug-likeness (QED) is 0.885. The van der Waals surface area contributed by atoms with Crippen LogP contribution in [-0.2, 0) is 11.8 Å². The van der Waals surface area contributed by atoms with Crippen molar-refractivity contribution in [2.24, 2.45) is 7.05 Å². The summed E-state index contributed by atoms with van der Waals surface area (Å²) in [5, 5.41) is 7.13. The number of anilines is 1. The predicted molar refractivity (Wildman–Crippen MR) is 71.5 cm³/mol. The molecule has 5 heteroatoms. The lowest BCUT2D eigenvalue weighted by atomic mass is 10.0. The SMILES string of the molecule is Cc1cc(NC(=O)CN2CCCC[C@@H]2C)n(C)n1. The Bertz CT molecular complexity index is 427. The van der Waals surface area contributed by atoms with Gasteiger partial charge in [0.05, 0.1) is 12.2 Å². The maximum absolute atomic E-state index is 12.0.